The first kappa shape index (κ1) is 15.5. The van der Waals surface area contributed by atoms with Gasteiger partial charge in [-0.15, -0.1) is 0 Å². The number of carbonyl (C=O) groups excluding carboxylic acids is 1. The zero-order chi connectivity index (χ0) is 15.6. The van der Waals surface area contributed by atoms with Gasteiger partial charge in [-0.1, -0.05) is 0 Å². The number of ether oxygens (including phenoxy) is 1. The molecule has 0 aliphatic carbocycles. The largest absolute Gasteiger partial charge is 0.464 e. The number of nitrogens with two attached hydrogens (primary N) is 1. The summed E-state index contributed by atoms with van der Waals surface area (Å²) in [4.78, 5) is 20.0. The highest BCUT2D eigenvalue weighted by molar-refractivity contribution is 6.28. The van der Waals surface area contributed by atoms with E-state index in [9.17, 15) is 4.79 Å². The minimum atomic E-state index is -0.417. The molecule has 0 saturated carbocycles. The first-order valence-corrected chi connectivity index (χ1v) is 6.83. The van der Waals surface area contributed by atoms with Crippen LogP contribution in [0.4, 0.5) is 0 Å². The molecule has 1 atom stereocenters. The van der Waals surface area contributed by atoms with Crippen molar-refractivity contribution in [2.45, 2.75) is 26.4 Å². The molecule has 0 unspecified atom stereocenters. The molecule has 0 amide bonds. The number of esters is 1. The third-order valence-corrected chi connectivity index (χ3v) is 3.17. The zero-order valence-electron chi connectivity index (χ0n) is 12.1. The highest BCUT2D eigenvalue weighted by atomic mass is 35.5. The van der Waals surface area contributed by atoms with Crippen molar-refractivity contribution in [3.8, 4) is 11.3 Å². The third kappa shape index (κ3) is 3.40. The minimum absolute atomic E-state index is 0.0938. The van der Waals surface area contributed by atoms with Gasteiger partial charge in [-0.3, -0.25) is 0 Å². The van der Waals surface area contributed by atoms with Crippen LogP contribution in [0.25, 0.3) is 11.3 Å². The number of hydrogen-bond donors (Lipinski definition) is 1. The molecule has 2 rings (SSSR count). The van der Waals surface area contributed by atoms with Gasteiger partial charge in [0.05, 0.1) is 12.8 Å². The van der Waals surface area contributed by atoms with Gasteiger partial charge in [0.25, 0.3) is 0 Å². The summed E-state index contributed by atoms with van der Waals surface area (Å²) in [7, 11) is 1.35. The SMILES string of the molecule is COC(=O)c1cc(-c2nc(Cl)ncc2C)cn1C[C@H](C)N. The van der Waals surface area contributed by atoms with E-state index in [1.165, 1.54) is 7.11 Å². The topological polar surface area (TPSA) is 83.0 Å². The number of hydrogen-bond acceptors (Lipinski definition) is 5. The third-order valence-electron chi connectivity index (χ3n) is 2.99. The molecule has 0 bridgehead atoms. The van der Waals surface area contributed by atoms with E-state index in [4.69, 9.17) is 22.1 Å². The number of aryl methyl sites for hydroxylation is 1. The lowest BCUT2D eigenvalue weighted by atomic mass is 10.1. The van der Waals surface area contributed by atoms with E-state index in [0.29, 0.717) is 17.9 Å². The summed E-state index contributed by atoms with van der Waals surface area (Å²) in [5.41, 5.74) is 8.58. The van der Waals surface area contributed by atoms with Crippen molar-refractivity contribution in [3.05, 3.63) is 35.0 Å². The molecule has 0 aliphatic rings. The predicted molar refractivity (Wildman–Crippen MR) is 80.2 cm³/mol. The zero-order valence-corrected chi connectivity index (χ0v) is 12.9. The molecule has 2 aromatic heterocycles. The van der Waals surface area contributed by atoms with Crippen molar-refractivity contribution >= 4 is 17.6 Å². The van der Waals surface area contributed by atoms with Crippen molar-refractivity contribution in [1.29, 1.82) is 0 Å². The van der Waals surface area contributed by atoms with Crippen LogP contribution in [0.2, 0.25) is 5.28 Å². The van der Waals surface area contributed by atoms with Crippen LogP contribution in [0.1, 0.15) is 23.0 Å². The molecule has 7 heteroatoms. The van der Waals surface area contributed by atoms with Gasteiger partial charge >= 0.3 is 5.97 Å². The Morgan fingerprint density at radius 3 is 2.90 bits per heavy atom. The summed E-state index contributed by atoms with van der Waals surface area (Å²) >= 11 is 5.85. The average Bonchev–Trinajstić information content (AvgIpc) is 2.83. The highest BCUT2D eigenvalue weighted by Crippen LogP contribution is 2.25. The van der Waals surface area contributed by atoms with Crippen LogP contribution < -0.4 is 5.73 Å². The summed E-state index contributed by atoms with van der Waals surface area (Å²) in [6, 6.07) is 1.63. The van der Waals surface area contributed by atoms with Crippen molar-refractivity contribution in [2.24, 2.45) is 5.73 Å². The van der Waals surface area contributed by atoms with E-state index in [1.807, 2.05) is 20.0 Å². The first-order chi connectivity index (χ1) is 9.92. The second-order valence-corrected chi connectivity index (χ2v) is 5.24. The molecule has 0 radical (unpaired) electrons. The molecule has 2 N–H and O–H groups in total. The molecule has 112 valence electrons. The molecule has 2 heterocycles. The normalized spacial score (nSPS) is 12.2. The lowest BCUT2D eigenvalue weighted by Gasteiger charge is -2.09. The number of methoxy groups -OCH3 is 1. The molecule has 0 fully saturated rings. The van der Waals surface area contributed by atoms with Crippen molar-refractivity contribution < 1.29 is 9.53 Å². The number of carbonyl (C=O) groups is 1. The number of halogens is 1. The summed E-state index contributed by atoms with van der Waals surface area (Å²) in [5.74, 6) is -0.417. The maximum atomic E-state index is 11.9. The van der Waals surface area contributed by atoms with E-state index >= 15 is 0 Å². The lowest BCUT2D eigenvalue weighted by molar-refractivity contribution is 0.0588. The maximum absolute atomic E-state index is 11.9. The Kier molecular flexibility index (Phi) is 4.59. The monoisotopic (exact) mass is 308 g/mol. The minimum Gasteiger partial charge on any atom is -0.464 e. The van der Waals surface area contributed by atoms with E-state index in [1.54, 1.807) is 16.8 Å². The second kappa shape index (κ2) is 6.24. The fourth-order valence-electron chi connectivity index (χ4n) is 2.09. The van der Waals surface area contributed by atoms with Crippen LogP contribution >= 0.6 is 11.6 Å². The van der Waals surface area contributed by atoms with Crippen LogP contribution in [0.5, 0.6) is 0 Å². The van der Waals surface area contributed by atoms with Gasteiger partial charge < -0.3 is 15.0 Å². The second-order valence-electron chi connectivity index (χ2n) is 4.91. The molecule has 21 heavy (non-hydrogen) atoms. The van der Waals surface area contributed by atoms with Gasteiger partial charge in [0.2, 0.25) is 5.28 Å². The summed E-state index contributed by atoms with van der Waals surface area (Å²) in [5, 5.41) is 0.162. The maximum Gasteiger partial charge on any atom is 0.354 e. The van der Waals surface area contributed by atoms with E-state index in [2.05, 4.69) is 9.97 Å². The van der Waals surface area contributed by atoms with Crippen LogP contribution in [-0.4, -0.2) is 33.7 Å². The molecule has 6 nitrogen and oxygen atoms in total. The smallest absolute Gasteiger partial charge is 0.354 e. The Morgan fingerprint density at radius 2 is 2.29 bits per heavy atom. The van der Waals surface area contributed by atoms with Crippen LogP contribution in [0, 0.1) is 6.92 Å². The Bertz CT molecular complexity index is 667. The number of nitrogens with zero attached hydrogens (tertiary/aromatic N) is 3. The molecular formula is C14H17ClN4O2. The van der Waals surface area contributed by atoms with Gasteiger partial charge in [-0.05, 0) is 37.1 Å². The van der Waals surface area contributed by atoms with Gasteiger partial charge in [0, 0.05) is 30.5 Å². The van der Waals surface area contributed by atoms with Crippen LogP contribution in [0.15, 0.2) is 18.5 Å². The Hall–Kier alpha value is -1.92. The number of aromatic nitrogens is 3. The fraction of sp³-hybridized carbons (Fsp3) is 0.357. The van der Waals surface area contributed by atoms with Gasteiger partial charge in [-0.25, -0.2) is 14.8 Å². The van der Waals surface area contributed by atoms with Gasteiger partial charge in [0.1, 0.15) is 5.69 Å². The first-order valence-electron chi connectivity index (χ1n) is 6.46. The summed E-state index contributed by atoms with van der Waals surface area (Å²) in [6.07, 6.45) is 3.46. The summed E-state index contributed by atoms with van der Waals surface area (Å²) in [6.45, 7) is 4.25. The van der Waals surface area contributed by atoms with Crippen molar-refractivity contribution in [1.82, 2.24) is 14.5 Å². The molecule has 2 aromatic rings. The molecule has 0 saturated heterocycles. The van der Waals surface area contributed by atoms with Crippen molar-refractivity contribution in [3.63, 3.8) is 0 Å². The van der Waals surface area contributed by atoms with Crippen molar-refractivity contribution in [2.75, 3.05) is 7.11 Å². The van der Waals surface area contributed by atoms with E-state index < -0.39 is 5.97 Å². The predicted octanol–water partition coefficient (Wildman–Crippen LogP) is 2.04. The quantitative estimate of drug-likeness (QED) is 0.690. The molecular weight excluding hydrogens is 292 g/mol. The highest BCUT2D eigenvalue weighted by Gasteiger charge is 2.17. The van der Waals surface area contributed by atoms with E-state index in [-0.39, 0.29) is 11.3 Å². The lowest BCUT2D eigenvalue weighted by Crippen LogP contribution is -2.24. The molecule has 0 spiro atoms. The summed E-state index contributed by atoms with van der Waals surface area (Å²) < 4.78 is 6.57. The molecule has 0 aromatic carbocycles. The van der Waals surface area contributed by atoms with E-state index in [0.717, 1.165) is 11.1 Å². The van der Waals surface area contributed by atoms with Crippen LogP contribution in [0.3, 0.4) is 0 Å². The standard InChI is InChI=1S/C14H17ClN4O2/c1-8-5-17-14(15)18-12(8)10-4-11(13(20)21-3)19(7-10)6-9(2)16/h4-5,7,9H,6,16H2,1-3H3/t9-/m0/s1. The Balaban J connectivity index is 2.52. The van der Waals surface area contributed by atoms with Crippen LogP contribution in [-0.2, 0) is 11.3 Å². The number of rotatable bonds is 4. The van der Waals surface area contributed by atoms with Gasteiger partial charge in [0.15, 0.2) is 0 Å². The van der Waals surface area contributed by atoms with Gasteiger partial charge in [-0.2, -0.15) is 0 Å². The Labute approximate surface area is 127 Å². The Morgan fingerprint density at radius 1 is 1.57 bits per heavy atom. The fourth-order valence-corrected chi connectivity index (χ4v) is 2.22. The average molecular weight is 309 g/mol. The molecule has 0 aliphatic heterocycles.